The highest BCUT2D eigenvalue weighted by atomic mass is 14.2. The lowest BCUT2D eigenvalue weighted by Crippen LogP contribution is -2.09. The molecule has 0 radical (unpaired) electrons. The second kappa shape index (κ2) is 19.6. The molecular weight excluding hydrogens is 180 g/mol. The molecule has 0 unspecified atom stereocenters. The fraction of sp³-hybridized carbons (Fsp3) is 1.00. The Kier molecular flexibility index (Phi) is 31.7. The van der Waals surface area contributed by atoms with Gasteiger partial charge in [0.15, 0.2) is 0 Å². The Morgan fingerprint density at radius 2 is 1.13 bits per heavy atom. The molecule has 0 N–H and O–H groups in total. The first kappa shape index (κ1) is 24.3. The van der Waals surface area contributed by atoms with Gasteiger partial charge in [0.2, 0.25) is 0 Å². The summed E-state index contributed by atoms with van der Waals surface area (Å²) in [4.78, 5) is 0. The van der Waals surface area contributed by atoms with Crippen LogP contribution in [-0.4, -0.2) is 0 Å². The van der Waals surface area contributed by atoms with Gasteiger partial charge in [-0.3, -0.25) is 0 Å². The molecule has 0 nitrogen and oxygen atoms in total. The van der Waals surface area contributed by atoms with E-state index in [1.165, 1.54) is 32.1 Å². The van der Waals surface area contributed by atoms with E-state index in [1.54, 1.807) is 0 Å². The summed E-state index contributed by atoms with van der Waals surface area (Å²) in [5.41, 5.74) is 0.602. The molecule has 0 heteroatoms. The van der Waals surface area contributed by atoms with Gasteiger partial charge in [0.25, 0.3) is 0 Å². The molecule has 0 spiro atoms. The van der Waals surface area contributed by atoms with Crippen molar-refractivity contribution in [1.82, 2.24) is 0 Å². The van der Waals surface area contributed by atoms with E-state index < -0.39 is 0 Å². The molecule has 15 heavy (non-hydrogen) atoms. The molecule has 98 valence electrons. The standard InChI is InChI=1S/C10H22.2C2H6.CH4/c1-5-7-9-10(3,4)8-6-2;2*1-2;/h5-9H2,1-4H3;2*1-2H3;1H4. The minimum atomic E-state index is 0. The molecule has 0 amide bonds. The summed E-state index contributed by atoms with van der Waals surface area (Å²) in [6.45, 7) is 17.3. The Hall–Kier alpha value is 0. The van der Waals surface area contributed by atoms with E-state index in [4.69, 9.17) is 0 Å². The predicted octanol–water partition coefficient (Wildman–Crippen LogP) is 6.69. The molecule has 0 heterocycles. The quantitative estimate of drug-likeness (QED) is 0.482. The molecule has 0 rings (SSSR count). The lowest BCUT2D eigenvalue weighted by molar-refractivity contribution is 0.295. The van der Waals surface area contributed by atoms with E-state index >= 15 is 0 Å². The van der Waals surface area contributed by atoms with Crippen molar-refractivity contribution in [3.05, 3.63) is 0 Å². The first-order valence-electron chi connectivity index (χ1n) is 6.62. The highest BCUT2D eigenvalue weighted by Gasteiger charge is 2.14. The molecule has 0 saturated carbocycles. The lowest BCUT2D eigenvalue weighted by atomic mass is 9.83. The third-order valence-corrected chi connectivity index (χ3v) is 2.13. The van der Waals surface area contributed by atoms with Gasteiger partial charge in [-0.15, -0.1) is 0 Å². The van der Waals surface area contributed by atoms with Crippen LogP contribution in [0.5, 0.6) is 0 Å². The molecule has 0 aliphatic carbocycles. The summed E-state index contributed by atoms with van der Waals surface area (Å²) in [7, 11) is 0. The Balaban J connectivity index is -0.000000107. The Morgan fingerprint density at radius 1 is 0.733 bits per heavy atom. The molecule has 0 aromatic heterocycles. The number of hydrogen-bond acceptors (Lipinski definition) is 0. The first-order chi connectivity index (χ1) is 6.62. The van der Waals surface area contributed by atoms with Crippen molar-refractivity contribution >= 4 is 0 Å². The summed E-state index contributed by atoms with van der Waals surface area (Å²) < 4.78 is 0. The summed E-state index contributed by atoms with van der Waals surface area (Å²) >= 11 is 0. The second-order valence-electron chi connectivity index (χ2n) is 4.02. The minimum absolute atomic E-state index is 0. The van der Waals surface area contributed by atoms with Crippen molar-refractivity contribution in [3.8, 4) is 0 Å². The van der Waals surface area contributed by atoms with Crippen LogP contribution in [0.15, 0.2) is 0 Å². The Bertz CT molecular complexity index is 72.1. The highest BCUT2D eigenvalue weighted by molar-refractivity contribution is 4.66. The maximum absolute atomic E-state index is 2.38. The van der Waals surface area contributed by atoms with Crippen LogP contribution in [0.4, 0.5) is 0 Å². The van der Waals surface area contributed by atoms with Crippen LogP contribution < -0.4 is 0 Å². The predicted molar refractivity (Wildman–Crippen MR) is 77.6 cm³/mol. The van der Waals surface area contributed by atoms with Gasteiger partial charge in [0, 0.05) is 0 Å². The van der Waals surface area contributed by atoms with Gasteiger partial charge < -0.3 is 0 Å². The van der Waals surface area contributed by atoms with Crippen molar-refractivity contribution in [2.24, 2.45) is 5.41 Å². The third-order valence-electron chi connectivity index (χ3n) is 2.13. The van der Waals surface area contributed by atoms with E-state index in [0.29, 0.717) is 5.41 Å². The smallest absolute Gasteiger partial charge is 0.0354 e. The van der Waals surface area contributed by atoms with Crippen molar-refractivity contribution in [2.75, 3.05) is 0 Å². The fourth-order valence-corrected chi connectivity index (χ4v) is 1.46. The SMILES string of the molecule is C.CC.CC.CCCCC(C)(C)CCC. The molecule has 0 aromatic carbocycles. The Morgan fingerprint density at radius 3 is 1.40 bits per heavy atom. The topological polar surface area (TPSA) is 0 Å². The van der Waals surface area contributed by atoms with Crippen LogP contribution >= 0.6 is 0 Å². The van der Waals surface area contributed by atoms with Crippen LogP contribution in [0.25, 0.3) is 0 Å². The fourth-order valence-electron chi connectivity index (χ4n) is 1.46. The van der Waals surface area contributed by atoms with E-state index in [-0.39, 0.29) is 7.43 Å². The maximum Gasteiger partial charge on any atom is -0.0354 e. The normalized spacial score (nSPS) is 8.80. The third kappa shape index (κ3) is 24.9. The summed E-state index contributed by atoms with van der Waals surface area (Å²) in [5, 5.41) is 0. The van der Waals surface area contributed by atoms with E-state index in [1.807, 2.05) is 27.7 Å². The van der Waals surface area contributed by atoms with E-state index in [2.05, 4.69) is 27.7 Å². The van der Waals surface area contributed by atoms with Crippen molar-refractivity contribution in [1.29, 1.82) is 0 Å². The molecular formula is C15H38. The average molecular weight is 218 g/mol. The molecule has 0 aromatic rings. The zero-order chi connectivity index (χ0) is 12.0. The molecule has 0 saturated heterocycles. The maximum atomic E-state index is 2.38. The molecule has 0 atom stereocenters. The van der Waals surface area contributed by atoms with E-state index in [0.717, 1.165) is 0 Å². The van der Waals surface area contributed by atoms with Crippen molar-refractivity contribution in [3.63, 3.8) is 0 Å². The van der Waals surface area contributed by atoms with Gasteiger partial charge >= 0.3 is 0 Å². The van der Waals surface area contributed by atoms with E-state index in [9.17, 15) is 0 Å². The monoisotopic (exact) mass is 218 g/mol. The summed E-state index contributed by atoms with van der Waals surface area (Å²) in [6.07, 6.45) is 6.85. The minimum Gasteiger partial charge on any atom is -0.0776 e. The largest absolute Gasteiger partial charge is 0.0776 e. The summed E-state index contributed by atoms with van der Waals surface area (Å²) in [6, 6.07) is 0. The van der Waals surface area contributed by atoms with Gasteiger partial charge in [0.05, 0.1) is 0 Å². The van der Waals surface area contributed by atoms with Gasteiger partial charge in [-0.1, -0.05) is 82.1 Å². The number of unbranched alkanes of at least 4 members (excludes halogenated alkanes) is 1. The molecule has 0 aliphatic rings. The molecule has 0 bridgehead atoms. The average Bonchev–Trinajstić information content (AvgIpc) is 2.21. The first-order valence-corrected chi connectivity index (χ1v) is 6.62. The second-order valence-corrected chi connectivity index (χ2v) is 4.02. The Labute approximate surface area is 101 Å². The summed E-state index contributed by atoms with van der Waals surface area (Å²) in [5.74, 6) is 0. The van der Waals surface area contributed by atoms with Gasteiger partial charge in [0.1, 0.15) is 0 Å². The zero-order valence-electron chi connectivity index (χ0n) is 12.0. The van der Waals surface area contributed by atoms with Crippen molar-refractivity contribution in [2.45, 2.75) is 94.9 Å². The van der Waals surface area contributed by atoms with Gasteiger partial charge in [-0.2, -0.15) is 0 Å². The zero-order valence-corrected chi connectivity index (χ0v) is 12.0. The van der Waals surface area contributed by atoms with Crippen LogP contribution in [0, 0.1) is 5.41 Å². The van der Waals surface area contributed by atoms with Crippen LogP contribution in [0.3, 0.4) is 0 Å². The van der Waals surface area contributed by atoms with Gasteiger partial charge in [-0.05, 0) is 18.3 Å². The highest BCUT2D eigenvalue weighted by Crippen LogP contribution is 2.28. The van der Waals surface area contributed by atoms with Crippen LogP contribution in [0.2, 0.25) is 0 Å². The molecule has 0 aliphatic heterocycles. The number of hydrogen-bond donors (Lipinski definition) is 0. The lowest BCUT2D eigenvalue weighted by Gasteiger charge is -2.23. The number of rotatable bonds is 5. The van der Waals surface area contributed by atoms with Crippen molar-refractivity contribution < 1.29 is 0 Å². The van der Waals surface area contributed by atoms with Crippen LogP contribution in [0.1, 0.15) is 94.9 Å². The van der Waals surface area contributed by atoms with Crippen LogP contribution in [-0.2, 0) is 0 Å². The molecule has 0 fully saturated rings. The van der Waals surface area contributed by atoms with Gasteiger partial charge in [-0.25, -0.2) is 0 Å².